The van der Waals surface area contributed by atoms with E-state index in [1.54, 1.807) is 43.3 Å². The van der Waals surface area contributed by atoms with Gasteiger partial charge in [-0.3, -0.25) is 0 Å². The predicted octanol–water partition coefficient (Wildman–Crippen LogP) is 5.58. The van der Waals surface area contributed by atoms with Gasteiger partial charge in [-0.1, -0.05) is 28.1 Å². The summed E-state index contributed by atoms with van der Waals surface area (Å²) in [5.41, 5.74) is 2.97. The third kappa shape index (κ3) is 4.16. The molecule has 0 atom stereocenters. The number of benzene rings is 3. The van der Waals surface area contributed by atoms with Gasteiger partial charge >= 0.3 is 11.6 Å². The minimum Gasteiger partial charge on any atom is -0.477 e. The van der Waals surface area contributed by atoms with Crippen molar-refractivity contribution < 1.29 is 14.3 Å². The first-order valence-corrected chi connectivity index (χ1v) is 11.4. The number of carboxylic acids is 1. The fraction of sp³-hybridized carbons (Fsp3) is 0.0769. The Morgan fingerprint density at radius 1 is 1.17 bits per heavy atom. The van der Waals surface area contributed by atoms with E-state index in [0.29, 0.717) is 40.0 Å². The minimum absolute atomic E-state index is 0.284. The number of imidazole rings is 1. The molecule has 2 N–H and O–H groups in total. The molecule has 2 heterocycles. The van der Waals surface area contributed by atoms with E-state index in [4.69, 9.17) is 14.7 Å². The van der Waals surface area contributed by atoms with E-state index in [1.807, 2.05) is 28.8 Å². The number of nitriles is 1. The van der Waals surface area contributed by atoms with Crippen LogP contribution in [0.1, 0.15) is 27.0 Å². The van der Waals surface area contributed by atoms with Crippen LogP contribution in [0.3, 0.4) is 0 Å². The van der Waals surface area contributed by atoms with Gasteiger partial charge in [0.05, 0.1) is 29.2 Å². The van der Waals surface area contributed by atoms with Crippen LogP contribution in [0.15, 0.2) is 74.3 Å². The molecule has 172 valence electrons. The van der Waals surface area contributed by atoms with Crippen molar-refractivity contribution in [2.24, 2.45) is 0 Å². The lowest BCUT2D eigenvalue weighted by atomic mass is 10.1. The SMILES string of the molecule is Cc1c(C(=O)O)c(=O)oc2cc3c(cc12)nc(Nc1ccc(C#N)cc1)n3Cc1ccc(Br)cc1. The molecule has 3 aromatic carbocycles. The molecule has 0 unspecified atom stereocenters. The molecule has 0 amide bonds. The first-order chi connectivity index (χ1) is 16.8. The molecule has 9 heteroatoms. The highest BCUT2D eigenvalue weighted by molar-refractivity contribution is 9.10. The summed E-state index contributed by atoms with van der Waals surface area (Å²) in [5, 5.41) is 22.3. The smallest absolute Gasteiger partial charge is 0.351 e. The molecule has 0 bridgehead atoms. The monoisotopic (exact) mass is 528 g/mol. The first-order valence-electron chi connectivity index (χ1n) is 10.6. The second kappa shape index (κ2) is 8.74. The van der Waals surface area contributed by atoms with Crippen molar-refractivity contribution in [1.29, 1.82) is 5.26 Å². The highest BCUT2D eigenvalue weighted by atomic mass is 79.9. The standard InChI is InChI=1S/C26H17BrN4O4/c1-14-19-10-20-21(11-22(19)35-25(34)23(14)24(32)33)31(13-16-2-6-17(27)7-3-16)26(30-20)29-18-8-4-15(12-28)5-9-18/h2-11H,13H2,1H3,(H,29,30)(H,32,33). The lowest BCUT2D eigenvalue weighted by molar-refractivity contribution is 0.0691. The number of nitrogens with zero attached hydrogens (tertiary/aromatic N) is 3. The van der Waals surface area contributed by atoms with E-state index in [-0.39, 0.29) is 11.1 Å². The average Bonchev–Trinajstić information content (AvgIpc) is 3.15. The van der Waals surface area contributed by atoms with E-state index in [2.05, 4.69) is 27.3 Å². The van der Waals surface area contributed by atoms with Crippen LogP contribution >= 0.6 is 15.9 Å². The summed E-state index contributed by atoms with van der Waals surface area (Å²) in [6, 6.07) is 20.4. The number of aryl methyl sites for hydroxylation is 1. The molecule has 0 saturated heterocycles. The number of fused-ring (bicyclic) bond motifs is 2. The van der Waals surface area contributed by atoms with E-state index >= 15 is 0 Å². The molecule has 0 aliphatic rings. The largest absolute Gasteiger partial charge is 0.477 e. The molecule has 0 aliphatic heterocycles. The topological polar surface area (TPSA) is 121 Å². The highest BCUT2D eigenvalue weighted by Crippen LogP contribution is 2.30. The second-order valence-electron chi connectivity index (χ2n) is 7.99. The van der Waals surface area contributed by atoms with Gasteiger partial charge in [-0.05, 0) is 60.5 Å². The fourth-order valence-corrected chi connectivity index (χ4v) is 4.27. The van der Waals surface area contributed by atoms with Gasteiger partial charge in [-0.25, -0.2) is 14.6 Å². The molecule has 2 aromatic heterocycles. The normalized spacial score (nSPS) is 11.0. The molecule has 0 fully saturated rings. The summed E-state index contributed by atoms with van der Waals surface area (Å²) in [5.74, 6) is -0.788. The molecular weight excluding hydrogens is 512 g/mol. The Hall–Kier alpha value is -4.42. The van der Waals surface area contributed by atoms with Crippen molar-refractivity contribution in [3.8, 4) is 6.07 Å². The molecule has 0 spiro atoms. The van der Waals surface area contributed by atoms with Crippen molar-refractivity contribution >= 4 is 55.5 Å². The molecule has 0 aliphatic carbocycles. The summed E-state index contributed by atoms with van der Waals surface area (Å²) in [6.45, 7) is 2.06. The van der Waals surface area contributed by atoms with Crippen LogP contribution in [0.4, 0.5) is 11.6 Å². The molecule has 0 radical (unpaired) electrons. The third-order valence-electron chi connectivity index (χ3n) is 5.77. The van der Waals surface area contributed by atoms with E-state index in [1.165, 1.54) is 0 Å². The Kier molecular flexibility index (Phi) is 5.59. The number of aromatic carboxylic acids is 1. The number of nitrogens with one attached hydrogen (secondary N) is 1. The van der Waals surface area contributed by atoms with Crippen LogP contribution in [0, 0.1) is 18.3 Å². The third-order valence-corrected chi connectivity index (χ3v) is 6.30. The number of hydrogen-bond donors (Lipinski definition) is 2. The molecular formula is C26H17BrN4O4. The number of carboxylic acid groups (broad SMARTS) is 1. The van der Waals surface area contributed by atoms with Gasteiger partial charge in [0.25, 0.3) is 0 Å². The Morgan fingerprint density at radius 3 is 2.54 bits per heavy atom. The summed E-state index contributed by atoms with van der Waals surface area (Å²) in [4.78, 5) is 28.7. The van der Waals surface area contributed by atoms with Crippen molar-refractivity contribution in [3.05, 3.63) is 97.8 Å². The Bertz CT molecular complexity index is 1710. The van der Waals surface area contributed by atoms with Gasteiger partial charge in [0, 0.05) is 21.6 Å². The van der Waals surface area contributed by atoms with Crippen molar-refractivity contribution in [2.75, 3.05) is 5.32 Å². The summed E-state index contributed by atoms with van der Waals surface area (Å²) < 4.78 is 8.30. The number of anilines is 2. The molecule has 5 rings (SSSR count). The predicted molar refractivity (Wildman–Crippen MR) is 135 cm³/mol. The van der Waals surface area contributed by atoms with Crippen LogP contribution in [0.2, 0.25) is 0 Å². The average molecular weight is 529 g/mol. The molecule has 8 nitrogen and oxygen atoms in total. The van der Waals surface area contributed by atoms with Crippen LogP contribution in [-0.2, 0) is 6.54 Å². The summed E-state index contributed by atoms with van der Waals surface area (Å²) >= 11 is 3.45. The van der Waals surface area contributed by atoms with E-state index in [0.717, 1.165) is 15.7 Å². The van der Waals surface area contributed by atoms with Gasteiger partial charge in [-0.15, -0.1) is 0 Å². The number of halogens is 1. The number of aromatic nitrogens is 2. The first kappa shape index (κ1) is 22.4. The van der Waals surface area contributed by atoms with Gasteiger partial charge in [0.1, 0.15) is 11.1 Å². The Balaban J connectivity index is 1.71. The molecule has 35 heavy (non-hydrogen) atoms. The second-order valence-corrected chi connectivity index (χ2v) is 8.91. The summed E-state index contributed by atoms with van der Waals surface area (Å²) in [6.07, 6.45) is 0. The zero-order valence-corrected chi connectivity index (χ0v) is 20.0. The summed E-state index contributed by atoms with van der Waals surface area (Å²) in [7, 11) is 0. The number of hydrogen-bond acceptors (Lipinski definition) is 6. The van der Waals surface area contributed by atoms with Crippen LogP contribution < -0.4 is 10.9 Å². The number of rotatable bonds is 5. The van der Waals surface area contributed by atoms with Crippen LogP contribution in [-0.4, -0.2) is 20.6 Å². The van der Waals surface area contributed by atoms with Gasteiger partial charge in [0.15, 0.2) is 0 Å². The maximum absolute atomic E-state index is 12.3. The lowest BCUT2D eigenvalue weighted by Crippen LogP contribution is -2.15. The number of carbonyl (C=O) groups is 1. The van der Waals surface area contributed by atoms with E-state index < -0.39 is 11.6 Å². The highest BCUT2D eigenvalue weighted by Gasteiger charge is 2.20. The van der Waals surface area contributed by atoms with Gasteiger partial charge < -0.3 is 19.4 Å². The molecule has 0 saturated carbocycles. The van der Waals surface area contributed by atoms with Gasteiger partial charge in [0.2, 0.25) is 5.95 Å². The zero-order valence-electron chi connectivity index (χ0n) is 18.4. The maximum Gasteiger partial charge on any atom is 0.351 e. The van der Waals surface area contributed by atoms with Crippen molar-refractivity contribution in [2.45, 2.75) is 13.5 Å². The zero-order chi connectivity index (χ0) is 24.7. The lowest BCUT2D eigenvalue weighted by Gasteiger charge is -2.12. The van der Waals surface area contributed by atoms with Crippen molar-refractivity contribution in [3.63, 3.8) is 0 Å². The Morgan fingerprint density at radius 2 is 1.89 bits per heavy atom. The van der Waals surface area contributed by atoms with Crippen molar-refractivity contribution in [1.82, 2.24) is 9.55 Å². The Labute approximate surface area is 207 Å². The fourth-order valence-electron chi connectivity index (χ4n) is 4.00. The van der Waals surface area contributed by atoms with Crippen LogP contribution in [0.5, 0.6) is 0 Å². The minimum atomic E-state index is -1.33. The van der Waals surface area contributed by atoms with Crippen LogP contribution in [0.25, 0.3) is 22.0 Å². The maximum atomic E-state index is 12.3. The molecule has 5 aromatic rings. The van der Waals surface area contributed by atoms with Gasteiger partial charge in [-0.2, -0.15) is 5.26 Å². The van der Waals surface area contributed by atoms with E-state index in [9.17, 15) is 14.7 Å². The quantitative estimate of drug-likeness (QED) is 0.285.